The van der Waals surface area contributed by atoms with Gasteiger partial charge in [-0.15, -0.1) is 0 Å². The number of ether oxygens (including phenoxy) is 1. The van der Waals surface area contributed by atoms with Crippen molar-refractivity contribution in [3.63, 3.8) is 0 Å². The highest BCUT2D eigenvalue weighted by Gasteiger charge is 2.36. The van der Waals surface area contributed by atoms with Gasteiger partial charge in [0.15, 0.2) is 11.5 Å². The lowest BCUT2D eigenvalue weighted by molar-refractivity contribution is -0.141. The zero-order valence-corrected chi connectivity index (χ0v) is 35.7. The number of fused-ring (bicyclic) bond motifs is 1. The molecule has 0 radical (unpaired) electrons. The second kappa shape index (κ2) is 18.4. The Labute approximate surface area is 367 Å². The first-order valence-electron chi connectivity index (χ1n) is 21.1. The van der Waals surface area contributed by atoms with Crippen LogP contribution in [0.15, 0.2) is 90.1 Å². The van der Waals surface area contributed by atoms with Gasteiger partial charge in [-0.2, -0.15) is 18.3 Å². The second-order valence-electron chi connectivity index (χ2n) is 16.4. The quantitative estimate of drug-likeness (QED) is 0.103. The number of allylic oxidation sites excluding steroid dienone is 6. The maximum absolute atomic E-state index is 15.0. The largest absolute Gasteiger partial charge is 0.480 e. The van der Waals surface area contributed by atoms with E-state index in [-0.39, 0.29) is 60.1 Å². The molecule has 1 aromatic carbocycles. The molecule has 3 aromatic heterocycles. The summed E-state index contributed by atoms with van der Waals surface area (Å²) in [6.45, 7) is 6.11. The third-order valence-electron chi connectivity index (χ3n) is 11.6. The van der Waals surface area contributed by atoms with Crippen LogP contribution in [0.4, 0.5) is 23.4 Å². The monoisotopic (exact) mass is 874 g/mol. The number of rotatable bonds is 13. The number of benzene rings is 1. The van der Waals surface area contributed by atoms with E-state index in [4.69, 9.17) is 9.72 Å². The van der Waals surface area contributed by atoms with Crippen LogP contribution in [0.25, 0.3) is 17.0 Å². The van der Waals surface area contributed by atoms with E-state index in [9.17, 15) is 22.8 Å². The van der Waals surface area contributed by atoms with E-state index in [0.29, 0.717) is 64.9 Å². The maximum Gasteiger partial charge on any atom is 0.434 e. The molecule has 8 rings (SSSR count). The molecule has 330 valence electrons. The molecular weight excluding hydrogens is 829 g/mol. The predicted molar refractivity (Wildman–Crippen MR) is 232 cm³/mol. The van der Waals surface area contributed by atoms with E-state index in [1.165, 1.54) is 30.1 Å². The summed E-state index contributed by atoms with van der Waals surface area (Å²) in [6, 6.07) is 5.83. The van der Waals surface area contributed by atoms with Crippen LogP contribution in [0.2, 0.25) is 0 Å². The smallest absolute Gasteiger partial charge is 0.434 e. The maximum atomic E-state index is 15.0. The number of hydrazone groups is 1. The summed E-state index contributed by atoms with van der Waals surface area (Å²) in [5.41, 5.74) is 5.47. The zero-order chi connectivity index (χ0) is 45.1. The fourth-order valence-corrected chi connectivity index (χ4v) is 8.04. The van der Waals surface area contributed by atoms with Crippen LogP contribution in [-0.4, -0.2) is 73.8 Å². The fourth-order valence-electron chi connectivity index (χ4n) is 8.04. The number of hydrogen-bond donors (Lipinski definition) is 2. The van der Waals surface area contributed by atoms with Crippen molar-refractivity contribution in [3.05, 3.63) is 119 Å². The first-order chi connectivity index (χ1) is 30.8. The lowest BCUT2D eigenvalue weighted by atomic mass is 9.83. The molecule has 2 amide bonds. The van der Waals surface area contributed by atoms with Gasteiger partial charge in [0.2, 0.25) is 5.88 Å². The van der Waals surface area contributed by atoms with E-state index < -0.39 is 23.6 Å². The van der Waals surface area contributed by atoms with Gasteiger partial charge in [-0.05, 0) is 62.8 Å². The number of hydrogen-bond acceptors (Lipinski definition) is 10. The Morgan fingerprint density at radius 2 is 1.95 bits per heavy atom. The SMILES string of the molecule is COc1ncnc(C2CC2)c1-c1nccc(N(CC#CCNC(=O)c2cc(CC3=NNC(=O)C4=CC=CCC43)ccc2F)CC2C=CC(c3nc(C(F)(F)F)cn3C(C)C)=CC2C)n1. The van der Waals surface area contributed by atoms with Crippen molar-refractivity contribution in [1.82, 2.24) is 40.2 Å². The van der Waals surface area contributed by atoms with Crippen molar-refractivity contribution in [2.75, 3.05) is 31.6 Å². The molecule has 13 nitrogen and oxygen atoms in total. The van der Waals surface area contributed by atoms with Gasteiger partial charge >= 0.3 is 6.18 Å². The summed E-state index contributed by atoms with van der Waals surface area (Å²) in [5, 5.41) is 6.98. The molecule has 64 heavy (non-hydrogen) atoms. The Kier molecular flexibility index (Phi) is 12.6. The first-order valence-corrected chi connectivity index (χ1v) is 21.1. The van der Waals surface area contributed by atoms with Gasteiger partial charge < -0.3 is 19.5 Å². The summed E-state index contributed by atoms with van der Waals surface area (Å²) in [5.74, 6) is 5.89. The number of carbonyl (C=O) groups is 2. The summed E-state index contributed by atoms with van der Waals surface area (Å²) < 4.78 is 63.3. The number of imidazole rings is 1. The van der Waals surface area contributed by atoms with Crippen LogP contribution >= 0.6 is 0 Å². The van der Waals surface area contributed by atoms with Crippen molar-refractivity contribution < 1.29 is 31.9 Å². The van der Waals surface area contributed by atoms with E-state index in [2.05, 4.69) is 47.6 Å². The molecule has 4 heterocycles. The minimum Gasteiger partial charge on any atom is -0.480 e. The second-order valence-corrected chi connectivity index (χ2v) is 16.4. The number of amides is 2. The fraction of sp³-hybridized carbons (Fsp3) is 0.362. The number of anilines is 1. The molecule has 4 aromatic rings. The third-order valence-corrected chi connectivity index (χ3v) is 11.6. The number of aromatic nitrogens is 6. The van der Waals surface area contributed by atoms with Crippen LogP contribution in [0, 0.1) is 35.4 Å². The zero-order valence-electron chi connectivity index (χ0n) is 35.7. The van der Waals surface area contributed by atoms with Gasteiger partial charge in [0.05, 0.1) is 37.2 Å². The van der Waals surface area contributed by atoms with Crippen molar-refractivity contribution in [3.8, 4) is 29.1 Å². The van der Waals surface area contributed by atoms with Gasteiger partial charge in [-0.25, -0.2) is 34.7 Å². The average molecular weight is 875 g/mol. The third kappa shape index (κ3) is 9.51. The highest BCUT2D eigenvalue weighted by Crippen LogP contribution is 2.45. The van der Waals surface area contributed by atoms with Crippen LogP contribution in [-0.2, 0) is 17.4 Å². The van der Waals surface area contributed by atoms with Gasteiger partial charge in [0, 0.05) is 60.3 Å². The van der Waals surface area contributed by atoms with Crippen molar-refractivity contribution in [1.29, 1.82) is 0 Å². The first kappa shape index (κ1) is 43.7. The normalized spacial score (nSPS) is 19.2. The molecule has 3 unspecified atom stereocenters. The van der Waals surface area contributed by atoms with Crippen LogP contribution in [0.1, 0.15) is 85.1 Å². The van der Waals surface area contributed by atoms with Gasteiger partial charge in [0.1, 0.15) is 29.4 Å². The standard InChI is InChI=1S/C47H46F4N10O3/c1-27(2)61-25-38(47(49,50)51)56-43(61)31-14-15-32(28(3)21-31)24-60(39-17-19-52-42(57-39)40-41(30-12-13-30)54-26-55-46(40)64-4)20-8-7-18-53-44(62)35-22-29(11-16-36(35)48)23-37-33-9-5-6-10-34(33)45(63)59-58-37/h5-6,10-11,14-17,19,21-22,25-28,30,32-33H,9,12-13,18,20,23-24H2,1-4H3,(H,53,62)(H,59,63). The van der Waals surface area contributed by atoms with E-state index in [0.717, 1.165) is 24.7 Å². The summed E-state index contributed by atoms with van der Waals surface area (Å²) in [7, 11) is 1.53. The molecule has 4 aliphatic rings. The van der Waals surface area contributed by atoms with E-state index >= 15 is 4.39 Å². The summed E-state index contributed by atoms with van der Waals surface area (Å²) in [4.78, 5) is 50.0. The molecule has 1 aliphatic heterocycles. The average Bonchev–Trinajstić information content (AvgIpc) is 4.03. The highest BCUT2D eigenvalue weighted by atomic mass is 19.4. The Balaban J connectivity index is 1.01. The molecule has 2 N–H and O–H groups in total. The summed E-state index contributed by atoms with van der Waals surface area (Å²) in [6.07, 6.45) is 13.7. The molecule has 3 aliphatic carbocycles. The Bertz CT molecular complexity index is 2690. The van der Waals surface area contributed by atoms with Crippen LogP contribution in [0.5, 0.6) is 5.88 Å². The van der Waals surface area contributed by atoms with Crippen molar-refractivity contribution >= 4 is 28.9 Å². The Morgan fingerprint density at radius 1 is 1.12 bits per heavy atom. The van der Waals surface area contributed by atoms with E-state index in [1.54, 1.807) is 30.5 Å². The molecular formula is C47H46F4N10O3. The molecule has 3 atom stereocenters. The van der Waals surface area contributed by atoms with Gasteiger partial charge in [0.25, 0.3) is 11.8 Å². The molecule has 1 fully saturated rings. The Hall–Kier alpha value is -6.96. The van der Waals surface area contributed by atoms with Crippen molar-refractivity contribution in [2.45, 2.75) is 64.6 Å². The number of carbonyl (C=O) groups excluding carboxylic acids is 2. The topological polar surface area (TPSA) is 152 Å². The number of methoxy groups -OCH3 is 1. The number of nitrogens with zero attached hydrogens (tertiary/aromatic N) is 8. The minimum atomic E-state index is -4.58. The molecule has 0 saturated heterocycles. The summed E-state index contributed by atoms with van der Waals surface area (Å²) >= 11 is 0. The minimum absolute atomic E-state index is 0.0792. The lowest BCUT2D eigenvalue weighted by Crippen LogP contribution is -2.37. The number of nitrogens with one attached hydrogen (secondary N) is 2. The lowest BCUT2D eigenvalue weighted by Gasteiger charge is -2.30. The molecule has 1 saturated carbocycles. The number of alkyl halides is 3. The number of halogens is 4. The van der Waals surface area contributed by atoms with Gasteiger partial charge in [-0.1, -0.05) is 61.3 Å². The van der Waals surface area contributed by atoms with Crippen molar-refractivity contribution in [2.24, 2.45) is 22.9 Å². The Morgan fingerprint density at radius 3 is 2.70 bits per heavy atom. The van der Waals surface area contributed by atoms with Crippen LogP contribution in [0.3, 0.4) is 0 Å². The molecule has 0 bridgehead atoms. The molecule has 17 heteroatoms. The predicted octanol–water partition coefficient (Wildman–Crippen LogP) is 7.43. The molecule has 0 spiro atoms. The van der Waals surface area contributed by atoms with E-state index in [1.807, 2.05) is 50.0 Å². The highest BCUT2D eigenvalue weighted by molar-refractivity contribution is 6.07. The van der Waals surface area contributed by atoms with Crippen LogP contribution < -0.4 is 20.4 Å². The van der Waals surface area contributed by atoms with Gasteiger partial charge in [-0.3, -0.25) is 9.59 Å².